The van der Waals surface area contributed by atoms with Crippen LogP contribution >= 0.6 is 0 Å². The standard InChI is InChI=1S/C20H23FO5/c1-14(13-23-2)26-19-11-16(20(22)24-3)10-18(12-19)25-8-7-15-5-4-6-17(21)9-15/h4-6,9-12,14H,7-8,13H2,1-3H3/t14-/m0/s1. The number of rotatable bonds is 9. The maximum atomic E-state index is 13.2. The Balaban J connectivity index is 2.08. The molecule has 0 unspecified atom stereocenters. The molecule has 140 valence electrons. The van der Waals surface area contributed by atoms with Gasteiger partial charge >= 0.3 is 5.97 Å². The van der Waals surface area contributed by atoms with Crippen LogP contribution in [-0.4, -0.2) is 39.5 Å². The van der Waals surface area contributed by atoms with Crippen LogP contribution < -0.4 is 9.47 Å². The molecule has 0 aliphatic carbocycles. The van der Waals surface area contributed by atoms with Crippen molar-refractivity contribution < 1.29 is 28.1 Å². The molecule has 6 heteroatoms. The summed E-state index contributed by atoms with van der Waals surface area (Å²) in [7, 11) is 2.90. The summed E-state index contributed by atoms with van der Waals surface area (Å²) in [5.74, 6) is 0.199. The lowest BCUT2D eigenvalue weighted by Gasteiger charge is -2.16. The summed E-state index contributed by atoms with van der Waals surface area (Å²) in [6.07, 6.45) is 0.351. The second kappa shape index (κ2) is 9.77. The van der Waals surface area contributed by atoms with Crippen molar-refractivity contribution in [2.45, 2.75) is 19.4 Å². The minimum absolute atomic E-state index is 0.187. The van der Waals surface area contributed by atoms with Gasteiger partial charge in [0.25, 0.3) is 0 Å². The molecule has 0 saturated heterocycles. The summed E-state index contributed by atoms with van der Waals surface area (Å²) >= 11 is 0. The number of esters is 1. The van der Waals surface area contributed by atoms with E-state index in [0.29, 0.717) is 36.7 Å². The highest BCUT2D eigenvalue weighted by atomic mass is 19.1. The summed E-state index contributed by atoms with van der Waals surface area (Å²) in [6, 6.07) is 11.2. The average molecular weight is 362 g/mol. The first kappa shape index (κ1) is 19.7. The SMILES string of the molecule is COC[C@H](C)Oc1cc(OCCc2cccc(F)c2)cc(C(=O)OC)c1. The predicted molar refractivity (Wildman–Crippen MR) is 95.3 cm³/mol. The van der Waals surface area contributed by atoms with E-state index in [-0.39, 0.29) is 11.9 Å². The van der Waals surface area contributed by atoms with Crippen LogP contribution in [0.15, 0.2) is 42.5 Å². The van der Waals surface area contributed by atoms with E-state index in [4.69, 9.17) is 18.9 Å². The molecule has 0 N–H and O–H groups in total. The summed E-state index contributed by atoms with van der Waals surface area (Å²) < 4.78 is 34.5. The summed E-state index contributed by atoms with van der Waals surface area (Å²) in [6.45, 7) is 2.61. The molecule has 0 spiro atoms. The van der Waals surface area contributed by atoms with Crippen molar-refractivity contribution in [2.75, 3.05) is 27.4 Å². The molecule has 2 aromatic rings. The van der Waals surface area contributed by atoms with Gasteiger partial charge in [0.15, 0.2) is 0 Å². The van der Waals surface area contributed by atoms with Gasteiger partial charge in [-0.2, -0.15) is 0 Å². The Morgan fingerprint density at radius 3 is 2.58 bits per heavy atom. The van der Waals surface area contributed by atoms with Gasteiger partial charge in [0.05, 0.1) is 25.9 Å². The minimum atomic E-state index is -0.482. The molecule has 2 rings (SSSR count). The van der Waals surface area contributed by atoms with E-state index in [1.807, 2.05) is 13.0 Å². The fourth-order valence-corrected chi connectivity index (χ4v) is 2.44. The average Bonchev–Trinajstić information content (AvgIpc) is 2.61. The first-order valence-electron chi connectivity index (χ1n) is 8.28. The van der Waals surface area contributed by atoms with Gasteiger partial charge < -0.3 is 18.9 Å². The van der Waals surface area contributed by atoms with Gasteiger partial charge in [0.2, 0.25) is 0 Å². The number of methoxy groups -OCH3 is 2. The first-order chi connectivity index (χ1) is 12.5. The fourth-order valence-electron chi connectivity index (χ4n) is 2.44. The molecule has 0 heterocycles. The van der Waals surface area contributed by atoms with Crippen LogP contribution in [0.2, 0.25) is 0 Å². The van der Waals surface area contributed by atoms with Crippen molar-refractivity contribution in [3.05, 3.63) is 59.4 Å². The highest BCUT2D eigenvalue weighted by molar-refractivity contribution is 5.90. The summed E-state index contributed by atoms with van der Waals surface area (Å²) in [5.41, 5.74) is 1.16. The molecule has 2 aromatic carbocycles. The normalized spacial score (nSPS) is 11.7. The lowest BCUT2D eigenvalue weighted by Crippen LogP contribution is -2.18. The van der Waals surface area contributed by atoms with Crippen LogP contribution in [0.1, 0.15) is 22.8 Å². The van der Waals surface area contributed by atoms with Crippen molar-refractivity contribution in [3.8, 4) is 11.5 Å². The van der Waals surface area contributed by atoms with Crippen LogP contribution in [0.5, 0.6) is 11.5 Å². The van der Waals surface area contributed by atoms with Gasteiger partial charge in [-0.25, -0.2) is 9.18 Å². The number of ether oxygens (including phenoxy) is 4. The molecule has 0 saturated carbocycles. The predicted octanol–water partition coefficient (Wildman–Crippen LogP) is 3.65. The van der Waals surface area contributed by atoms with E-state index in [2.05, 4.69) is 0 Å². The van der Waals surface area contributed by atoms with E-state index in [9.17, 15) is 9.18 Å². The zero-order valence-corrected chi connectivity index (χ0v) is 15.2. The van der Waals surface area contributed by atoms with Crippen molar-refractivity contribution in [3.63, 3.8) is 0 Å². The second-order valence-electron chi connectivity index (χ2n) is 5.80. The van der Waals surface area contributed by atoms with Crippen molar-refractivity contribution in [1.82, 2.24) is 0 Å². The number of hydrogen-bond donors (Lipinski definition) is 0. The van der Waals surface area contributed by atoms with Crippen LogP contribution in [-0.2, 0) is 15.9 Å². The highest BCUT2D eigenvalue weighted by Crippen LogP contribution is 2.25. The fraction of sp³-hybridized carbons (Fsp3) is 0.350. The molecule has 0 fully saturated rings. The van der Waals surface area contributed by atoms with Crippen LogP contribution in [0.25, 0.3) is 0 Å². The molecule has 0 amide bonds. The van der Waals surface area contributed by atoms with Crippen LogP contribution in [0.3, 0.4) is 0 Å². The molecule has 0 aliphatic rings. The van der Waals surface area contributed by atoms with Crippen molar-refractivity contribution in [2.24, 2.45) is 0 Å². The van der Waals surface area contributed by atoms with E-state index in [0.717, 1.165) is 5.56 Å². The maximum absolute atomic E-state index is 13.2. The molecule has 0 radical (unpaired) electrons. The van der Waals surface area contributed by atoms with E-state index in [1.54, 1.807) is 31.4 Å². The Kier molecular flexibility index (Phi) is 7.41. The first-order valence-corrected chi connectivity index (χ1v) is 8.28. The van der Waals surface area contributed by atoms with Gasteiger partial charge in [0, 0.05) is 19.6 Å². The Bertz CT molecular complexity index is 732. The molecule has 26 heavy (non-hydrogen) atoms. The Hall–Kier alpha value is -2.60. The van der Waals surface area contributed by atoms with E-state index in [1.165, 1.54) is 19.2 Å². The zero-order valence-electron chi connectivity index (χ0n) is 15.2. The largest absolute Gasteiger partial charge is 0.493 e. The lowest BCUT2D eigenvalue weighted by atomic mass is 10.1. The Labute approximate surface area is 152 Å². The summed E-state index contributed by atoms with van der Waals surface area (Å²) in [4.78, 5) is 11.9. The Morgan fingerprint density at radius 2 is 1.88 bits per heavy atom. The third kappa shape index (κ3) is 6.04. The molecule has 5 nitrogen and oxygen atoms in total. The number of benzene rings is 2. The van der Waals surface area contributed by atoms with Gasteiger partial charge in [-0.3, -0.25) is 0 Å². The number of carbonyl (C=O) groups excluding carboxylic acids is 1. The van der Waals surface area contributed by atoms with Crippen molar-refractivity contribution >= 4 is 5.97 Å². The number of halogens is 1. The van der Waals surface area contributed by atoms with Gasteiger partial charge in [0.1, 0.15) is 23.4 Å². The molecule has 0 aromatic heterocycles. The smallest absolute Gasteiger partial charge is 0.338 e. The third-order valence-electron chi connectivity index (χ3n) is 3.59. The van der Waals surface area contributed by atoms with Crippen LogP contribution in [0, 0.1) is 5.82 Å². The highest BCUT2D eigenvalue weighted by Gasteiger charge is 2.12. The van der Waals surface area contributed by atoms with Crippen molar-refractivity contribution in [1.29, 1.82) is 0 Å². The molecule has 1 atom stereocenters. The third-order valence-corrected chi connectivity index (χ3v) is 3.59. The van der Waals surface area contributed by atoms with E-state index >= 15 is 0 Å². The Morgan fingerprint density at radius 1 is 1.12 bits per heavy atom. The quantitative estimate of drug-likeness (QED) is 0.638. The van der Waals surface area contributed by atoms with Gasteiger partial charge in [-0.05, 0) is 36.8 Å². The lowest BCUT2D eigenvalue weighted by molar-refractivity contribution is 0.0598. The molecular formula is C20H23FO5. The monoisotopic (exact) mass is 362 g/mol. The topological polar surface area (TPSA) is 54.0 Å². The molecule has 0 bridgehead atoms. The molecule has 0 aliphatic heterocycles. The second-order valence-corrected chi connectivity index (χ2v) is 5.80. The number of carbonyl (C=O) groups is 1. The van der Waals surface area contributed by atoms with E-state index < -0.39 is 5.97 Å². The minimum Gasteiger partial charge on any atom is -0.493 e. The number of hydrogen-bond acceptors (Lipinski definition) is 5. The maximum Gasteiger partial charge on any atom is 0.338 e. The van der Waals surface area contributed by atoms with Gasteiger partial charge in [-0.1, -0.05) is 12.1 Å². The summed E-state index contributed by atoms with van der Waals surface area (Å²) in [5, 5.41) is 0. The zero-order chi connectivity index (χ0) is 18.9. The molecular weight excluding hydrogens is 339 g/mol. The van der Waals surface area contributed by atoms with Crippen LogP contribution in [0.4, 0.5) is 4.39 Å². The van der Waals surface area contributed by atoms with Gasteiger partial charge in [-0.15, -0.1) is 0 Å².